The number of hydrogen-bond donors (Lipinski definition) is 0. The highest BCUT2D eigenvalue weighted by molar-refractivity contribution is 5.77. The molecule has 1 heterocycles. The fourth-order valence-electron chi connectivity index (χ4n) is 1.23. The summed E-state index contributed by atoms with van der Waals surface area (Å²) in [4.78, 5) is 24.0. The van der Waals surface area contributed by atoms with Crippen molar-refractivity contribution in [3.05, 3.63) is 44.8 Å². The summed E-state index contributed by atoms with van der Waals surface area (Å²) >= 11 is 0. The normalized spacial score (nSPS) is 10.4. The molecule has 0 radical (unpaired) electrons. The van der Waals surface area contributed by atoms with E-state index in [1.54, 1.807) is 0 Å². The maximum absolute atomic E-state index is 10.5. The van der Waals surface area contributed by atoms with Crippen molar-refractivity contribution >= 4 is 16.7 Å². The van der Waals surface area contributed by atoms with E-state index in [4.69, 9.17) is 0 Å². The minimum Gasteiger partial charge on any atom is -0.258 e. The molecule has 0 bridgehead atoms. The van der Waals surface area contributed by atoms with Crippen LogP contribution in [-0.2, 0) is 0 Å². The maximum Gasteiger partial charge on any atom is 0.271 e. The monoisotopic (exact) mass is 208 g/mol. The molecule has 0 amide bonds. The van der Waals surface area contributed by atoms with E-state index in [0.29, 0.717) is 4.68 Å². The number of hydrogen-bond acceptors (Lipinski definition) is 5. The van der Waals surface area contributed by atoms with E-state index in [0.717, 1.165) is 6.33 Å². The second-order valence-corrected chi connectivity index (χ2v) is 2.76. The van der Waals surface area contributed by atoms with Crippen LogP contribution in [0.4, 0.5) is 5.69 Å². The van der Waals surface area contributed by atoms with Gasteiger partial charge < -0.3 is 0 Å². The molecule has 0 aliphatic rings. The van der Waals surface area contributed by atoms with Crippen molar-refractivity contribution in [1.29, 1.82) is 0 Å². The molecule has 2 rings (SSSR count). The van der Waals surface area contributed by atoms with Gasteiger partial charge in [-0.15, -0.1) is 0 Å². The molecule has 2 aromatic rings. The zero-order valence-electron chi connectivity index (χ0n) is 7.23. The van der Waals surface area contributed by atoms with Crippen molar-refractivity contribution in [2.75, 3.05) is 0 Å². The fraction of sp³-hybridized carbons (Fsp3) is 0. The number of fused-ring (bicyclic) bond motifs is 1. The van der Waals surface area contributed by atoms with Crippen LogP contribution in [0.1, 0.15) is 0 Å². The Morgan fingerprint density at radius 1 is 1.27 bits per heavy atom. The van der Waals surface area contributed by atoms with Gasteiger partial charge in [0, 0.05) is 12.1 Å². The standard InChI is InChI=1S/C7H4N4O4/c12-10(13)5-1-2-7-6(3-5)8-4-9(7)11(14)15/h1-4H. The van der Waals surface area contributed by atoms with Crippen molar-refractivity contribution in [3.8, 4) is 0 Å². The lowest BCUT2D eigenvalue weighted by atomic mass is 10.3. The van der Waals surface area contributed by atoms with Gasteiger partial charge in [0.15, 0.2) is 11.4 Å². The summed E-state index contributed by atoms with van der Waals surface area (Å²) in [6, 6.07) is 3.68. The molecule has 0 unspecified atom stereocenters. The number of nitro benzene ring substituents is 1. The Hall–Kier alpha value is -2.51. The first-order chi connectivity index (χ1) is 7.09. The zero-order valence-corrected chi connectivity index (χ0v) is 7.23. The molecule has 0 N–H and O–H groups in total. The van der Waals surface area contributed by atoms with E-state index in [1.165, 1.54) is 18.2 Å². The molecule has 1 aromatic carbocycles. The summed E-state index contributed by atoms with van der Waals surface area (Å²) in [7, 11) is 0. The molecule has 0 saturated carbocycles. The van der Waals surface area contributed by atoms with E-state index >= 15 is 0 Å². The van der Waals surface area contributed by atoms with E-state index in [9.17, 15) is 20.2 Å². The van der Waals surface area contributed by atoms with Crippen LogP contribution >= 0.6 is 0 Å². The minimum absolute atomic E-state index is 0.143. The third-order valence-corrected chi connectivity index (χ3v) is 1.90. The molecule has 0 aliphatic carbocycles. The maximum atomic E-state index is 10.5. The second kappa shape index (κ2) is 3.01. The molecular formula is C7H4N4O4. The summed E-state index contributed by atoms with van der Waals surface area (Å²) < 4.78 is 0.707. The van der Waals surface area contributed by atoms with E-state index in [2.05, 4.69) is 4.98 Å². The number of rotatable bonds is 2. The highest BCUT2D eigenvalue weighted by Gasteiger charge is 2.13. The van der Waals surface area contributed by atoms with Gasteiger partial charge in [0.25, 0.3) is 5.69 Å². The smallest absolute Gasteiger partial charge is 0.258 e. The highest BCUT2D eigenvalue weighted by atomic mass is 16.7. The number of aromatic nitrogens is 2. The largest absolute Gasteiger partial charge is 0.271 e. The predicted octanol–water partition coefficient (Wildman–Crippen LogP) is 0.984. The lowest BCUT2D eigenvalue weighted by molar-refractivity contribution is -0.538. The van der Waals surface area contributed by atoms with Gasteiger partial charge in [-0.25, -0.2) is 15.1 Å². The number of benzene rings is 1. The first kappa shape index (κ1) is 9.06. The lowest BCUT2D eigenvalue weighted by Crippen LogP contribution is -2.05. The summed E-state index contributed by atoms with van der Waals surface area (Å²) in [6.07, 6.45) is 1.01. The van der Waals surface area contributed by atoms with Gasteiger partial charge in [0.2, 0.25) is 0 Å². The summed E-state index contributed by atoms with van der Waals surface area (Å²) in [5.74, 6) is 0. The Morgan fingerprint density at radius 2 is 2.00 bits per heavy atom. The van der Waals surface area contributed by atoms with Crippen LogP contribution in [0.2, 0.25) is 0 Å². The Morgan fingerprint density at radius 3 is 2.60 bits per heavy atom. The van der Waals surface area contributed by atoms with Gasteiger partial charge >= 0.3 is 0 Å². The van der Waals surface area contributed by atoms with Crippen molar-refractivity contribution in [1.82, 2.24) is 9.66 Å². The number of nitro groups is 2. The van der Waals surface area contributed by atoms with Gasteiger partial charge in [0.1, 0.15) is 11.0 Å². The molecule has 1 aromatic heterocycles. The minimum atomic E-state index is -0.652. The molecule has 0 saturated heterocycles. The third kappa shape index (κ3) is 1.37. The van der Waals surface area contributed by atoms with Gasteiger partial charge in [-0.2, -0.15) is 0 Å². The molecular weight excluding hydrogens is 204 g/mol. The van der Waals surface area contributed by atoms with Crippen molar-refractivity contribution in [2.24, 2.45) is 0 Å². The van der Waals surface area contributed by atoms with Crippen LogP contribution in [0.25, 0.3) is 11.0 Å². The van der Waals surface area contributed by atoms with Crippen LogP contribution in [0.15, 0.2) is 24.5 Å². The number of non-ortho nitro benzene ring substituents is 1. The van der Waals surface area contributed by atoms with Crippen molar-refractivity contribution in [2.45, 2.75) is 0 Å². The first-order valence-electron chi connectivity index (χ1n) is 3.86. The van der Waals surface area contributed by atoms with E-state index < -0.39 is 9.96 Å². The van der Waals surface area contributed by atoms with Crippen LogP contribution in [0.5, 0.6) is 0 Å². The average molecular weight is 208 g/mol. The molecule has 0 atom stereocenters. The Labute approximate surface area is 82.0 Å². The van der Waals surface area contributed by atoms with Crippen LogP contribution in [0, 0.1) is 20.2 Å². The van der Waals surface area contributed by atoms with Gasteiger partial charge in [0.05, 0.1) is 4.92 Å². The summed E-state index contributed by atoms with van der Waals surface area (Å²) in [5.41, 5.74) is 0.308. The molecule has 0 spiro atoms. The van der Waals surface area contributed by atoms with E-state index in [-0.39, 0.29) is 16.7 Å². The Bertz CT molecular complexity index is 561. The fourth-order valence-corrected chi connectivity index (χ4v) is 1.23. The first-order valence-corrected chi connectivity index (χ1v) is 3.86. The molecule has 8 heteroatoms. The molecule has 8 nitrogen and oxygen atoms in total. The quantitative estimate of drug-likeness (QED) is 0.540. The molecule has 0 aliphatic heterocycles. The second-order valence-electron chi connectivity index (χ2n) is 2.76. The molecule has 0 fully saturated rings. The zero-order chi connectivity index (χ0) is 11.0. The van der Waals surface area contributed by atoms with Crippen LogP contribution in [-0.4, -0.2) is 19.6 Å². The van der Waals surface area contributed by atoms with Crippen LogP contribution in [0.3, 0.4) is 0 Å². The van der Waals surface area contributed by atoms with Gasteiger partial charge in [-0.3, -0.25) is 10.1 Å². The highest BCUT2D eigenvalue weighted by Crippen LogP contribution is 2.19. The average Bonchev–Trinajstić information content (AvgIpc) is 2.59. The topological polar surface area (TPSA) is 104 Å². The third-order valence-electron chi connectivity index (χ3n) is 1.90. The van der Waals surface area contributed by atoms with Gasteiger partial charge in [-0.1, -0.05) is 4.68 Å². The lowest BCUT2D eigenvalue weighted by Gasteiger charge is -1.92. The SMILES string of the molecule is O=[N+]([O-])c1ccc2c(c1)ncn2[N+](=O)[O-]. The predicted molar refractivity (Wildman–Crippen MR) is 48.8 cm³/mol. The Kier molecular flexibility index (Phi) is 1.82. The number of imidazole rings is 1. The summed E-state index contributed by atoms with van der Waals surface area (Å²) in [5, 5.41) is 20.3. The van der Waals surface area contributed by atoms with E-state index in [1.807, 2.05) is 0 Å². The van der Waals surface area contributed by atoms with Gasteiger partial charge in [-0.05, 0) is 6.07 Å². The summed E-state index contributed by atoms with van der Waals surface area (Å²) in [6.45, 7) is 0. The van der Waals surface area contributed by atoms with Crippen molar-refractivity contribution in [3.63, 3.8) is 0 Å². The Balaban J connectivity index is 2.66. The van der Waals surface area contributed by atoms with Crippen LogP contribution < -0.4 is 0 Å². The molecule has 76 valence electrons. The van der Waals surface area contributed by atoms with Crippen molar-refractivity contribution < 1.29 is 9.96 Å². The molecule has 15 heavy (non-hydrogen) atoms. The number of nitrogens with zero attached hydrogens (tertiary/aromatic N) is 4.